The minimum atomic E-state index is -1.16. The average Bonchev–Trinajstić information content (AvgIpc) is 3.30. The van der Waals surface area contributed by atoms with Crippen molar-refractivity contribution in [1.82, 2.24) is 10.3 Å². The van der Waals surface area contributed by atoms with Gasteiger partial charge in [-0.3, -0.25) is 0 Å². The molecule has 0 fully saturated rings. The first-order chi connectivity index (χ1) is 13.1. The first kappa shape index (κ1) is 23.3. The summed E-state index contributed by atoms with van der Waals surface area (Å²) < 4.78 is 14.3. The van der Waals surface area contributed by atoms with E-state index in [-0.39, 0.29) is 41.4 Å². The number of rotatable bonds is 7. The van der Waals surface area contributed by atoms with Crippen LogP contribution in [0.15, 0.2) is 21.2 Å². The molecule has 2 aromatic rings. The van der Waals surface area contributed by atoms with Crippen LogP contribution in [0.1, 0.15) is 79.3 Å². The first-order valence-electron chi connectivity index (χ1n) is 8.78. The van der Waals surface area contributed by atoms with Crippen molar-refractivity contribution >= 4 is 11.9 Å². The Bertz CT molecular complexity index is 765. The number of carboxylic acid groups (broad SMARTS) is 1. The number of esters is 1. The number of carbonyl (C=O) groups is 2. The predicted molar refractivity (Wildman–Crippen MR) is 95.5 cm³/mol. The number of ether oxygens (including phenoxy) is 1. The van der Waals surface area contributed by atoms with E-state index in [4.69, 9.17) is 14.4 Å². The van der Waals surface area contributed by atoms with E-state index < -0.39 is 24.1 Å². The van der Waals surface area contributed by atoms with Crippen LogP contribution in [0.4, 0.5) is 0 Å². The molecule has 0 spiro atoms. The molecule has 2 atom stereocenters. The molecule has 0 amide bonds. The third-order valence-electron chi connectivity index (χ3n) is 3.61. The highest BCUT2D eigenvalue weighted by atomic mass is 16.5. The van der Waals surface area contributed by atoms with E-state index in [1.54, 1.807) is 20.8 Å². The highest BCUT2D eigenvalue weighted by Gasteiger charge is 2.21. The van der Waals surface area contributed by atoms with Crippen molar-refractivity contribution in [2.24, 2.45) is 11.8 Å². The van der Waals surface area contributed by atoms with Crippen LogP contribution in [0.2, 0.25) is 0 Å². The second-order valence-electron chi connectivity index (χ2n) is 6.63. The molecule has 2 aromatic heterocycles. The second kappa shape index (κ2) is 10.6. The van der Waals surface area contributed by atoms with Gasteiger partial charge in [0.15, 0.2) is 22.9 Å². The maximum Gasteiger partial charge on any atom is 0.360 e. The van der Waals surface area contributed by atoms with Crippen LogP contribution in [-0.4, -0.2) is 44.2 Å². The van der Waals surface area contributed by atoms with Gasteiger partial charge >= 0.3 is 11.9 Å². The Hall–Kier alpha value is -2.72. The Kier molecular flexibility index (Phi) is 8.80. The SMILES string of the molecule is CC(C)C(O)c1cc(C(=O)O)no1.CCOC(=O)c1cc(C(O)C(C)C)on1. The van der Waals surface area contributed by atoms with E-state index >= 15 is 0 Å². The fourth-order valence-electron chi connectivity index (χ4n) is 1.92. The molecular weight excluding hydrogens is 372 g/mol. The number of aromatic carboxylic acids is 1. The van der Waals surface area contributed by atoms with Gasteiger partial charge in [0.1, 0.15) is 12.2 Å². The second-order valence-corrected chi connectivity index (χ2v) is 6.63. The largest absolute Gasteiger partial charge is 0.476 e. The van der Waals surface area contributed by atoms with Crippen LogP contribution in [0.25, 0.3) is 0 Å². The monoisotopic (exact) mass is 398 g/mol. The summed E-state index contributed by atoms with van der Waals surface area (Å²) in [4.78, 5) is 21.6. The summed E-state index contributed by atoms with van der Waals surface area (Å²) in [7, 11) is 0. The van der Waals surface area contributed by atoms with Crippen molar-refractivity contribution in [3.63, 3.8) is 0 Å². The maximum atomic E-state index is 11.2. The molecule has 0 aliphatic rings. The van der Waals surface area contributed by atoms with Crippen molar-refractivity contribution in [2.75, 3.05) is 6.61 Å². The average molecular weight is 398 g/mol. The van der Waals surface area contributed by atoms with Crippen LogP contribution in [0.3, 0.4) is 0 Å². The quantitative estimate of drug-likeness (QED) is 0.592. The number of carbonyl (C=O) groups excluding carboxylic acids is 1. The van der Waals surface area contributed by atoms with Gasteiger partial charge in [-0.2, -0.15) is 0 Å². The number of aliphatic hydroxyl groups excluding tert-OH is 2. The highest BCUT2D eigenvalue weighted by Crippen LogP contribution is 2.22. The van der Waals surface area contributed by atoms with Crippen LogP contribution in [0.5, 0.6) is 0 Å². The Morgan fingerprint density at radius 3 is 1.75 bits per heavy atom. The smallest absolute Gasteiger partial charge is 0.360 e. The third-order valence-corrected chi connectivity index (χ3v) is 3.61. The molecule has 28 heavy (non-hydrogen) atoms. The minimum absolute atomic E-state index is 0.00740. The molecule has 2 unspecified atom stereocenters. The Labute approximate surface area is 162 Å². The summed E-state index contributed by atoms with van der Waals surface area (Å²) in [5.41, 5.74) is -0.0961. The molecule has 2 rings (SSSR count). The molecule has 0 aromatic carbocycles. The predicted octanol–water partition coefficient (Wildman–Crippen LogP) is 2.60. The van der Waals surface area contributed by atoms with Crippen molar-refractivity contribution in [1.29, 1.82) is 0 Å². The fraction of sp³-hybridized carbons (Fsp3) is 0.556. The van der Waals surface area contributed by atoms with Crippen LogP contribution in [0, 0.1) is 11.8 Å². The van der Waals surface area contributed by atoms with Gasteiger partial charge in [-0.1, -0.05) is 38.0 Å². The van der Waals surface area contributed by atoms with Gasteiger partial charge in [0.05, 0.1) is 6.61 Å². The molecule has 3 N–H and O–H groups in total. The number of carboxylic acids is 1. The van der Waals surface area contributed by atoms with Gasteiger partial charge in [0.2, 0.25) is 0 Å². The van der Waals surface area contributed by atoms with Crippen LogP contribution < -0.4 is 0 Å². The van der Waals surface area contributed by atoms with Gasteiger partial charge in [-0.15, -0.1) is 0 Å². The van der Waals surface area contributed by atoms with E-state index in [0.29, 0.717) is 0 Å². The van der Waals surface area contributed by atoms with Crippen LogP contribution in [-0.2, 0) is 4.74 Å². The molecule has 2 heterocycles. The third kappa shape index (κ3) is 6.46. The number of aliphatic hydroxyl groups is 2. The lowest BCUT2D eigenvalue weighted by molar-refractivity contribution is 0.0512. The standard InChI is InChI=1S/C10H15NO4.C8H11NO4/c1-4-14-10(13)7-5-8(15-11-7)9(12)6(2)3;1-4(2)7(10)6-3-5(8(11)12)9-13-6/h5-6,9,12H,4H2,1-3H3;3-4,7,10H,1-2H3,(H,11,12). The van der Waals surface area contributed by atoms with Gasteiger partial charge in [0, 0.05) is 12.1 Å². The minimum Gasteiger partial charge on any atom is -0.476 e. The molecular formula is C18H26N2O8. The zero-order valence-electron chi connectivity index (χ0n) is 16.4. The summed E-state index contributed by atoms with van der Waals surface area (Å²) >= 11 is 0. The lowest BCUT2D eigenvalue weighted by atomic mass is 10.1. The lowest BCUT2D eigenvalue weighted by Crippen LogP contribution is -2.05. The van der Waals surface area contributed by atoms with E-state index in [9.17, 15) is 19.8 Å². The number of hydrogen-bond donors (Lipinski definition) is 3. The van der Waals surface area contributed by atoms with E-state index in [1.165, 1.54) is 12.1 Å². The maximum absolute atomic E-state index is 11.2. The zero-order chi connectivity index (χ0) is 21.4. The van der Waals surface area contributed by atoms with Gasteiger partial charge in [0.25, 0.3) is 0 Å². The molecule has 156 valence electrons. The Morgan fingerprint density at radius 2 is 1.39 bits per heavy atom. The summed E-state index contributed by atoms with van der Waals surface area (Å²) in [6.45, 7) is 9.28. The number of hydrogen-bond acceptors (Lipinski definition) is 9. The number of aromatic nitrogens is 2. The van der Waals surface area contributed by atoms with E-state index in [1.807, 2.05) is 13.8 Å². The van der Waals surface area contributed by atoms with Gasteiger partial charge < -0.3 is 29.1 Å². The van der Waals surface area contributed by atoms with Gasteiger partial charge in [-0.25, -0.2) is 9.59 Å². The molecule has 0 saturated heterocycles. The summed E-state index contributed by atoms with van der Waals surface area (Å²) in [6.07, 6.45) is -1.55. The normalized spacial score (nSPS) is 13.0. The highest BCUT2D eigenvalue weighted by molar-refractivity contribution is 5.87. The summed E-state index contributed by atoms with van der Waals surface area (Å²) in [5.74, 6) is -1.25. The fourth-order valence-corrected chi connectivity index (χ4v) is 1.92. The molecule has 0 saturated carbocycles. The number of nitrogens with zero attached hydrogens (tertiary/aromatic N) is 2. The van der Waals surface area contributed by atoms with Crippen molar-refractivity contribution in [2.45, 2.75) is 46.8 Å². The molecule has 10 heteroatoms. The molecule has 0 bridgehead atoms. The van der Waals surface area contributed by atoms with Crippen LogP contribution >= 0.6 is 0 Å². The molecule has 10 nitrogen and oxygen atoms in total. The molecule has 0 aliphatic carbocycles. The topological polar surface area (TPSA) is 156 Å². The van der Waals surface area contributed by atoms with E-state index in [2.05, 4.69) is 14.8 Å². The lowest BCUT2D eigenvalue weighted by Gasteiger charge is -2.09. The van der Waals surface area contributed by atoms with Gasteiger partial charge in [-0.05, 0) is 18.8 Å². The van der Waals surface area contributed by atoms with Crippen molar-refractivity contribution in [3.8, 4) is 0 Å². The molecule has 0 radical (unpaired) electrons. The summed E-state index contributed by atoms with van der Waals surface area (Å²) in [5, 5.41) is 34.4. The van der Waals surface area contributed by atoms with E-state index in [0.717, 1.165) is 0 Å². The first-order valence-corrected chi connectivity index (χ1v) is 8.78. The molecule has 0 aliphatic heterocycles. The summed E-state index contributed by atoms with van der Waals surface area (Å²) in [6, 6.07) is 2.63. The Morgan fingerprint density at radius 1 is 0.964 bits per heavy atom. The Balaban J connectivity index is 0.000000283. The van der Waals surface area contributed by atoms with Crippen molar-refractivity contribution in [3.05, 3.63) is 35.0 Å². The van der Waals surface area contributed by atoms with Crippen molar-refractivity contribution < 1.29 is 38.7 Å². The zero-order valence-corrected chi connectivity index (χ0v) is 16.4.